The predicted molar refractivity (Wildman–Crippen MR) is 141 cm³/mol. The van der Waals surface area contributed by atoms with Crippen molar-refractivity contribution in [2.24, 2.45) is 5.10 Å². The molecule has 0 bridgehead atoms. The van der Waals surface area contributed by atoms with Crippen molar-refractivity contribution in [3.63, 3.8) is 0 Å². The minimum absolute atomic E-state index is 0.0987. The number of nitrogens with one attached hydrogen (secondary N) is 2. The van der Waals surface area contributed by atoms with E-state index in [4.69, 9.17) is 27.9 Å². The first-order valence-electron chi connectivity index (χ1n) is 9.58. The fraction of sp³-hybridized carbons (Fsp3) is 0.0455. The van der Waals surface area contributed by atoms with Crippen LogP contribution in [0.3, 0.4) is 0 Å². The third kappa shape index (κ3) is 7.49. The molecule has 0 unspecified atom stereocenters. The predicted octanol–water partition coefficient (Wildman–Crippen LogP) is 6.21. The molecule has 9 nitrogen and oxygen atoms in total. The Bertz CT molecular complexity index is 1310. The molecule has 0 saturated heterocycles. The Labute approximate surface area is 225 Å². The van der Waals surface area contributed by atoms with Gasteiger partial charge in [0.1, 0.15) is 5.75 Å². The number of rotatable bonds is 8. The van der Waals surface area contributed by atoms with Crippen LogP contribution >= 0.6 is 55.1 Å². The molecule has 3 aromatic carbocycles. The number of non-ortho nitro benzene ring substituents is 1. The van der Waals surface area contributed by atoms with Crippen LogP contribution in [-0.2, 0) is 4.79 Å². The zero-order valence-corrected chi connectivity index (χ0v) is 22.1. The summed E-state index contributed by atoms with van der Waals surface area (Å²) in [5.41, 5.74) is 3.28. The van der Waals surface area contributed by atoms with Gasteiger partial charge in [-0.2, -0.15) is 5.10 Å². The van der Waals surface area contributed by atoms with E-state index in [1.165, 1.54) is 30.5 Å². The monoisotopic (exact) mass is 642 g/mol. The van der Waals surface area contributed by atoms with Crippen molar-refractivity contribution in [2.45, 2.75) is 0 Å². The summed E-state index contributed by atoms with van der Waals surface area (Å²) in [6.45, 7) is -0.274. The topological polar surface area (TPSA) is 123 Å². The largest absolute Gasteiger partial charge is 0.481 e. The van der Waals surface area contributed by atoms with Crippen LogP contribution in [0.1, 0.15) is 15.9 Å². The van der Waals surface area contributed by atoms with Gasteiger partial charge in [-0.1, -0.05) is 29.3 Å². The number of nitro groups is 1. The quantitative estimate of drug-likeness (QED) is 0.172. The Morgan fingerprint density at radius 2 is 1.77 bits per heavy atom. The number of carbonyl (C=O) groups is 2. The molecule has 3 aromatic rings. The van der Waals surface area contributed by atoms with E-state index in [0.29, 0.717) is 36.0 Å². The van der Waals surface area contributed by atoms with Crippen LogP contribution in [0.15, 0.2) is 68.6 Å². The highest BCUT2D eigenvalue weighted by Gasteiger charge is 2.13. The molecule has 0 spiro atoms. The Morgan fingerprint density at radius 1 is 1.06 bits per heavy atom. The van der Waals surface area contributed by atoms with Crippen molar-refractivity contribution in [1.29, 1.82) is 0 Å². The molecule has 0 aliphatic carbocycles. The number of amides is 2. The van der Waals surface area contributed by atoms with Crippen LogP contribution in [0.25, 0.3) is 0 Å². The molecule has 0 atom stereocenters. The summed E-state index contributed by atoms with van der Waals surface area (Å²) in [6.07, 6.45) is 1.38. The smallest absolute Gasteiger partial charge is 0.271 e. The highest BCUT2D eigenvalue weighted by Crippen LogP contribution is 2.34. The Balaban J connectivity index is 1.59. The summed E-state index contributed by atoms with van der Waals surface area (Å²) < 4.78 is 6.66. The van der Waals surface area contributed by atoms with Crippen LogP contribution in [-0.4, -0.2) is 29.6 Å². The van der Waals surface area contributed by atoms with Gasteiger partial charge in [0.15, 0.2) is 6.61 Å². The van der Waals surface area contributed by atoms with E-state index in [2.05, 4.69) is 47.7 Å². The SMILES string of the molecule is O=C(COc1c(Br)cc(/C=N/NC(=O)c2cccc([N+](=O)[O-])c2)cc1Br)Nc1ccc(Cl)c(Cl)c1. The van der Waals surface area contributed by atoms with Gasteiger partial charge >= 0.3 is 0 Å². The van der Waals surface area contributed by atoms with Crippen molar-refractivity contribution in [2.75, 3.05) is 11.9 Å². The molecule has 0 fully saturated rings. The highest BCUT2D eigenvalue weighted by atomic mass is 79.9. The third-order valence-corrected chi connectivity index (χ3v) is 6.19. The summed E-state index contributed by atoms with van der Waals surface area (Å²) in [6, 6.07) is 13.3. The number of carbonyl (C=O) groups excluding carboxylic acids is 2. The van der Waals surface area contributed by atoms with Crippen molar-refractivity contribution in [1.82, 2.24) is 5.43 Å². The average molecular weight is 645 g/mol. The summed E-state index contributed by atoms with van der Waals surface area (Å²) in [5.74, 6) is -0.625. The lowest BCUT2D eigenvalue weighted by Crippen LogP contribution is -2.20. The Hall–Kier alpha value is -2.99. The van der Waals surface area contributed by atoms with E-state index in [0.717, 1.165) is 6.07 Å². The summed E-state index contributed by atoms with van der Waals surface area (Å²) in [4.78, 5) is 34.6. The van der Waals surface area contributed by atoms with Gasteiger partial charge in [-0.3, -0.25) is 19.7 Å². The summed E-state index contributed by atoms with van der Waals surface area (Å²) >= 11 is 18.6. The van der Waals surface area contributed by atoms with Gasteiger partial charge in [-0.25, -0.2) is 5.43 Å². The number of hydrazone groups is 1. The number of nitro benzene ring substituents is 1. The second-order valence-corrected chi connectivity index (χ2v) is 9.31. The lowest BCUT2D eigenvalue weighted by atomic mass is 10.2. The number of nitrogens with zero attached hydrogens (tertiary/aromatic N) is 2. The first-order valence-corrected chi connectivity index (χ1v) is 11.9. The maximum Gasteiger partial charge on any atom is 0.271 e. The number of anilines is 1. The Morgan fingerprint density at radius 3 is 2.43 bits per heavy atom. The number of hydrogen-bond donors (Lipinski definition) is 2. The fourth-order valence-electron chi connectivity index (χ4n) is 2.69. The van der Waals surface area contributed by atoms with Crippen molar-refractivity contribution in [3.05, 3.63) is 94.8 Å². The van der Waals surface area contributed by atoms with Crippen LogP contribution in [0, 0.1) is 10.1 Å². The molecule has 180 valence electrons. The molecular weight excluding hydrogens is 631 g/mol. The van der Waals surface area contributed by atoms with Gasteiger partial charge in [-0.15, -0.1) is 0 Å². The number of hydrogen-bond acceptors (Lipinski definition) is 6. The standard InChI is InChI=1S/C22H14Br2Cl2N4O5/c23-16-6-12(10-27-29-22(32)13-2-1-3-15(8-13)30(33)34)7-17(24)21(16)35-11-20(31)28-14-4-5-18(25)19(26)9-14/h1-10H,11H2,(H,28,31)(H,29,32)/b27-10+. The lowest BCUT2D eigenvalue weighted by molar-refractivity contribution is -0.384. The first kappa shape index (κ1) is 26.6. The van der Waals surface area contributed by atoms with Crippen molar-refractivity contribution >= 4 is 84.5 Å². The van der Waals surface area contributed by atoms with Gasteiger partial charge in [0.2, 0.25) is 0 Å². The molecule has 13 heteroatoms. The maximum atomic E-state index is 12.2. The molecule has 0 saturated carbocycles. The molecule has 0 aliphatic rings. The number of ether oxygens (including phenoxy) is 1. The molecule has 3 rings (SSSR count). The maximum absolute atomic E-state index is 12.2. The second kappa shape index (κ2) is 12.1. The summed E-state index contributed by atoms with van der Waals surface area (Å²) in [7, 11) is 0. The van der Waals surface area contributed by atoms with E-state index < -0.39 is 16.7 Å². The van der Waals surface area contributed by atoms with Gasteiger partial charge in [0, 0.05) is 23.4 Å². The minimum Gasteiger partial charge on any atom is -0.481 e. The highest BCUT2D eigenvalue weighted by molar-refractivity contribution is 9.11. The minimum atomic E-state index is -0.601. The lowest BCUT2D eigenvalue weighted by Gasteiger charge is -2.12. The fourth-order valence-corrected chi connectivity index (χ4v) is 4.44. The zero-order valence-electron chi connectivity index (χ0n) is 17.4. The number of halogens is 4. The van der Waals surface area contributed by atoms with Gasteiger partial charge in [0.25, 0.3) is 17.5 Å². The van der Waals surface area contributed by atoms with Gasteiger partial charge < -0.3 is 10.1 Å². The Kier molecular flexibility index (Phi) is 9.21. The van der Waals surface area contributed by atoms with Gasteiger partial charge in [-0.05, 0) is 73.8 Å². The average Bonchev–Trinajstić information content (AvgIpc) is 2.81. The normalized spacial score (nSPS) is 10.7. The molecule has 0 aliphatic heterocycles. The molecule has 0 radical (unpaired) electrons. The first-order chi connectivity index (χ1) is 16.6. The van der Waals surface area contributed by atoms with E-state index in [1.807, 2.05) is 0 Å². The van der Waals surface area contributed by atoms with Crippen LogP contribution in [0.5, 0.6) is 5.75 Å². The van der Waals surface area contributed by atoms with E-state index in [-0.39, 0.29) is 17.9 Å². The van der Waals surface area contributed by atoms with Gasteiger partial charge in [0.05, 0.1) is 30.1 Å². The van der Waals surface area contributed by atoms with E-state index in [1.54, 1.807) is 24.3 Å². The van der Waals surface area contributed by atoms with Crippen LogP contribution in [0.2, 0.25) is 10.0 Å². The van der Waals surface area contributed by atoms with Crippen LogP contribution < -0.4 is 15.5 Å². The molecule has 2 N–H and O–H groups in total. The number of benzene rings is 3. The molecular formula is C22H14Br2Cl2N4O5. The second-order valence-electron chi connectivity index (χ2n) is 6.79. The van der Waals surface area contributed by atoms with Crippen molar-refractivity contribution in [3.8, 4) is 5.75 Å². The van der Waals surface area contributed by atoms with E-state index >= 15 is 0 Å². The molecule has 0 aromatic heterocycles. The van der Waals surface area contributed by atoms with Crippen LogP contribution in [0.4, 0.5) is 11.4 Å². The molecule has 0 heterocycles. The molecule has 35 heavy (non-hydrogen) atoms. The summed E-state index contributed by atoms with van der Waals surface area (Å²) in [5, 5.41) is 18.1. The molecule has 2 amide bonds. The van der Waals surface area contributed by atoms with Crippen molar-refractivity contribution < 1.29 is 19.2 Å². The van der Waals surface area contributed by atoms with E-state index in [9.17, 15) is 19.7 Å². The zero-order chi connectivity index (χ0) is 25.5. The third-order valence-electron chi connectivity index (χ3n) is 4.27.